The molecule has 0 bridgehead atoms. The fraction of sp³-hybridized carbons (Fsp3) is 0.619. The van der Waals surface area contributed by atoms with Crippen LogP contribution < -0.4 is 5.32 Å². The van der Waals surface area contributed by atoms with Gasteiger partial charge in [-0.15, -0.1) is 0 Å². The van der Waals surface area contributed by atoms with E-state index in [4.69, 9.17) is 11.6 Å². The first-order chi connectivity index (χ1) is 14.5. The molecule has 10 heteroatoms. The summed E-state index contributed by atoms with van der Waals surface area (Å²) in [6.45, 7) is 4.65. The first kappa shape index (κ1) is 23.8. The van der Waals surface area contributed by atoms with Gasteiger partial charge in [-0.1, -0.05) is 25.4 Å². The molecule has 0 spiro atoms. The molecular weight excluding hydrogens is 442 g/mol. The third-order valence-corrected chi connectivity index (χ3v) is 8.47. The van der Waals surface area contributed by atoms with Crippen molar-refractivity contribution in [1.29, 1.82) is 0 Å². The predicted molar refractivity (Wildman–Crippen MR) is 117 cm³/mol. The van der Waals surface area contributed by atoms with Gasteiger partial charge in [-0.3, -0.25) is 9.69 Å². The van der Waals surface area contributed by atoms with Crippen LogP contribution in [-0.4, -0.2) is 67.0 Å². The number of hydrogen-bond acceptors (Lipinski definition) is 4. The summed E-state index contributed by atoms with van der Waals surface area (Å²) in [7, 11) is -2.23. The van der Waals surface area contributed by atoms with Crippen molar-refractivity contribution in [2.75, 3.05) is 20.1 Å². The highest BCUT2D eigenvalue weighted by Gasteiger charge is 2.47. The van der Waals surface area contributed by atoms with Crippen LogP contribution in [0, 0.1) is 17.8 Å². The highest BCUT2D eigenvalue weighted by atomic mass is 35.5. The van der Waals surface area contributed by atoms with E-state index in [9.17, 15) is 23.1 Å². The van der Waals surface area contributed by atoms with E-state index in [2.05, 4.69) is 5.32 Å². The Morgan fingerprint density at radius 3 is 2.45 bits per heavy atom. The molecule has 172 valence electrons. The number of hydrogen-bond donors (Lipinski definition) is 2. The summed E-state index contributed by atoms with van der Waals surface area (Å²) in [5, 5.41) is 12.8. The predicted octanol–water partition coefficient (Wildman–Crippen LogP) is 2.88. The molecular formula is C21H30ClN3O5S. The van der Waals surface area contributed by atoms with Crippen molar-refractivity contribution in [2.45, 2.75) is 50.1 Å². The quantitative estimate of drug-likeness (QED) is 0.635. The zero-order chi connectivity index (χ0) is 22.9. The molecule has 8 nitrogen and oxygen atoms in total. The maximum atomic E-state index is 13.0. The molecule has 2 amide bonds. The number of likely N-dealkylation sites (N-methyl/N-ethyl adjacent to an activating group) is 1. The summed E-state index contributed by atoms with van der Waals surface area (Å²) < 4.78 is 27.5. The van der Waals surface area contributed by atoms with Gasteiger partial charge in [0.25, 0.3) is 0 Å². The number of fused-ring (bicyclic) bond motifs is 1. The Labute approximate surface area is 188 Å². The highest BCUT2D eigenvalue weighted by Crippen LogP contribution is 2.40. The molecule has 1 aliphatic heterocycles. The van der Waals surface area contributed by atoms with E-state index in [-0.39, 0.29) is 34.6 Å². The summed E-state index contributed by atoms with van der Waals surface area (Å²) in [5.74, 6) is 0.0256. The molecule has 1 aromatic carbocycles. The second-order valence-electron chi connectivity index (χ2n) is 8.93. The summed E-state index contributed by atoms with van der Waals surface area (Å²) in [6, 6.07) is 5.18. The van der Waals surface area contributed by atoms with Crippen LogP contribution in [0.2, 0.25) is 5.02 Å². The number of carbonyl (C=O) groups is 2. The van der Waals surface area contributed by atoms with Crippen molar-refractivity contribution in [3.63, 3.8) is 0 Å². The van der Waals surface area contributed by atoms with E-state index in [1.165, 1.54) is 23.5 Å². The van der Waals surface area contributed by atoms with E-state index in [0.717, 1.165) is 17.7 Å². The van der Waals surface area contributed by atoms with Crippen LogP contribution in [0.4, 0.5) is 4.79 Å². The minimum atomic E-state index is -3.63. The number of carbonyl (C=O) groups excluding carboxylic acids is 1. The van der Waals surface area contributed by atoms with Gasteiger partial charge in [-0.25, -0.2) is 13.2 Å². The van der Waals surface area contributed by atoms with Crippen molar-refractivity contribution in [2.24, 2.45) is 17.8 Å². The fourth-order valence-electron chi connectivity index (χ4n) is 4.66. The number of halogens is 1. The third kappa shape index (κ3) is 5.15. The first-order valence-electron chi connectivity index (χ1n) is 10.5. The lowest BCUT2D eigenvalue weighted by molar-refractivity contribution is -0.127. The molecule has 31 heavy (non-hydrogen) atoms. The van der Waals surface area contributed by atoms with Crippen LogP contribution in [0.1, 0.15) is 33.1 Å². The second-order valence-corrected chi connectivity index (χ2v) is 11.3. The first-order valence-corrected chi connectivity index (χ1v) is 12.3. The van der Waals surface area contributed by atoms with Crippen molar-refractivity contribution < 1.29 is 23.1 Å². The molecule has 1 saturated carbocycles. The lowest BCUT2D eigenvalue weighted by atomic mass is 9.96. The Balaban J connectivity index is 1.70. The van der Waals surface area contributed by atoms with Gasteiger partial charge in [-0.05, 0) is 61.3 Å². The van der Waals surface area contributed by atoms with Crippen LogP contribution in [0.25, 0.3) is 0 Å². The van der Waals surface area contributed by atoms with E-state index in [1.54, 1.807) is 12.1 Å². The van der Waals surface area contributed by atoms with Crippen molar-refractivity contribution in [1.82, 2.24) is 14.5 Å². The topological polar surface area (TPSA) is 107 Å². The van der Waals surface area contributed by atoms with Crippen LogP contribution in [-0.2, 0) is 14.8 Å². The number of nitrogens with one attached hydrogen (secondary N) is 1. The van der Waals surface area contributed by atoms with Gasteiger partial charge in [-0.2, -0.15) is 4.31 Å². The normalized spacial score (nSPS) is 24.7. The van der Waals surface area contributed by atoms with E-state index in [1.807, 2.05) is 13.8 Å². The van der Waals surface area contributed by atoms with Crippen LogP contribution in [0.15, 0.2) is 29.2 Å². The fourth-order valence-corrected chi connectivity index (χ4v) is 6.32. The molecule has 0 aromatic heterocycles. The standard InChI is InChI=1S/C21H30ClN3O5S/c1-13(2)10-19(24(3)21(27)28)20(26)23-18-9-4-14-11-25(12-17(14)18)31(29,30)16-7-5-15(22)6-8-16/h5-8,13-14,17-19H,4,9-12H2,1-3H3,(H,23,26)(H,27,28)/t14-,17+,18+,19-/m0/s1. The van der Waals surface area contributed by atoms with Crippen molar-refractivity contribution >= 4 is 33.6 Å². The zero-order valence-corrected chi connectivity index (χ0v) is 19.6. The maximum absolute atomic E-state index is 13.0. The molecule has 1 heterocycles. The Bertz CT molecular complexity index is 921. The molecule has 2 fully saturated rings. The Morgan fingerprint density at radius 2 is 1.87 bits per heavy atom. The monoisotopic (exact) mass is 471 g/mol. The average molecular weight is 472 g/mol. The largest absolute Gasteiger partial charge is 0.465 e. The van der Waals surface area contributed by atoms with Gasteiger partial charge in [0, 0.05) is 31.2 Å². The average Bonchev–Trinajstić information content (AvgIpc) is 3.28. The lowest BCUT2D eigenvalue weighted by Gasteiger charge is -2.29. The minimum Gasteiger partial charge on any atom is -0.465 e. The van der Waals surface area contributed by atoms with Crippen molar-refractivity contribution in [3.05, 3.63) is 29.3 Å². The molecule has 1 aromatic rings. The smallest absolute Gasteiger partial charge is 0.407 e. The molecule has 4 atom stereocenters. The number of benzene rings is 1. The summed E-state index contributed by atoms with van der Waals surface area (Å²) >= 11 is 5.88. The van der Waals surface area contributed by atoms with Gasteiger partial charge in [0.15, 0.2) is 0 Å². The van der Waals surface area contributed by atoms with Crippen LogP contribution >= 0.6 is 11.6 Å². The molecule has 0 unspecified atom stereocenters. The Morgan fingerprint density at radius 1 is 1.23 bits per heavy atom. The number of sulfonamides is 1. The van der Waals surface area contributed by atoms with Crippen LogP contribution in [0.5, 0.6) is 0 Å². The molecule has 2 N–H and O–H groups in total. The minimum absolute atomic E-state index is 0.0147. The number of carboxylic acid groups (broad SMARTS) is 1. The summed E-state index contributed by atoms with van der Waals surface area (Å²) in [5.41, 5.74) is 0. The lowest BCUT2D eigenvalue weighted by Crippen LogP contribution is -2.51. The van der Waals surface area contributed by atoms with E-state index in [0.29, 0.717) is 24.5 Å². The number of amides is 2. The van der Waals surface area contributed by atoms with E-state index >= 15 is 0 Å². The Kier molecular flexibility index (Phi) is 7.18. The molecule has 3 rings (SSSR count). The molecule has 0 radical (unpaired) electrons. The van der Waals surface area contributed by atoms with Crippen LogP contribution in [0.3, 0.4) is 0 Å². The Hall–Kier alpha value is -1.84. The zero-order valence-electron chi connectivity index (χ0n) is 18.0. The van der Waals surface area contributed by atoms with Gasteiger partial charge in [0.05, 0.1) is 4.90 Å². The molecule has 1 saturated heterocycles. The summed E-state index contributed by atoms with van der Waals surface area (Å²) in [4.78, 5) is 25.6. The second kappa shape index (κ2) is 9.34. The molecule has 1 aliphatic carbocycles. The van der Waals surface area contributed by atoms with Crippen molar-refractivity contribution in [3.8, 4) is 0 Å². The van der Waals surface area contributed by atoms with Gasteiger partial charge < -0.3 is 10.4 Å². The van der Waals surface area contributed by atoms with Gasteiger partial charge >= 0.3 is 6.09 Å². The maximum Gasteiger partial charge on any atom is 0.407 e. The van der Waals surface area contributed by atoms with Gasteiger partial charge in [0.2, 0.25) is 15.9 Å². The number of rotatable bonds is 7. The highest BCUT2D eigenvalue weighted by molar-refractivity contribution is 7.89. The third-order valence-electron chi connectivity index (χ3n) is 6.37. The SMILES string of the molecule is CC(C)C[C@@H](C(=O)N[C@@H]1CC[C@H]2CN(S(=O)(=O)c3ccc(Cl)cc3)C[C@H]21)N(C)C(=O)O. The molecule has 2 aliphatic rings. The number of nitrogens with zero attached hydrogens (tertiary/aromatic N) is 2. The van der Waals surface area contributed by atoms with E-state index < -0.39 is 22.2 Å². The summed E-state index contributed by atoms with van der Waals surface area (Å²) in [6.07, 6.45) is 0.866. The van der Waals surface area contributed by atoms with Gasteiger partial charge in [0.1, 0.15) is 6.04 Å².